The lowest BCUT2D eigenvalue weighted by atomic mass is 10.1. The van der Waals surface area contributed by atoms with E-state index in [1.54, 1.807) is 11.3 Å². The predicted octanol–water partition coefficient (Wildman–Crippen LogP) is 3.91. The minimum absolute atomic E-state index is 0.422. The average molecular weight is 381 g/mol. The van der Waals surface area contributed by atoms with Gasteiger partial charge in [-0.2, -0.15) is 4.98 Å². The Morgan fingerprint density at radius 3 is 2.62 bits per heavy atom. The van der Waals surface area contributed by atoms with E-state index in [1.807, 2.05) is 40.7 Å². The third-order valence-corrected chi connectivity index (χ3v) is 4.47. The summed E-state index contributed by atoms with van der Waals surface area (Å²) in [5, 5.41) is 8.90. The zero-order valence-electron chi connectivity index (χ0n) is 16.3. The Balaban J connectivity index is 1.99. The number of nitrogens with zero attached hydrogens (tertiary/aromatic N) is 3. The number of thiophene rings is 1. The summed E-state index contributed by atoms with van der Waals surface area (Å²) in [6.45, 7) is 13.4. The summed E-state index contributed by atoms with van der Waals surface area (Å²) in [6, 6.07) is 4.16. The van der Waals surface area contributed by atoms with Gasteiger partial charge < -0.3 is 14.6 Å². The number of carbonyl (C=O) groups excluding carboxylic acids is 1. The summed E-state index contributed by atoms with van der Waals surface area (Å²) in [4.78, 5) is 20.0. The molecule has 0 unspecified atom stereocenters. The van der Waals surface area contributed by atoms with Crippen LogP contribution in [-0.4, -0.2) is 33.3 Å². The van der Waals surface area contributed by atoms with Crippen molar-refractivity contribution in [2.24, 2.45) is 0 Å². The van der Waals surface area contributed by atoms with Crippen molar-refractivity contribution in [1.29, 1.82) is 0 Å². The molecule has 0 aliphatic carbocycles. The summed E-state index contributed by atoms with van der Waals surface area (Å²) in [6.07, 6.45) is -0.512. The molecule has 0 atom stereocenters. The van der Waals surface area contributed by atoms with Gasteiger partial charge in [0.05, 0.1) is 6.54 Å². The molecule has 7 nitrogen and oxygen atoms in total. The van der Waals surface area contributed by atoms with Crippen molar-refractivity contribution in [3.05, 3.63) is 34.1 Å². The lowest BCUT2D eigenvalue weighted by molar-refractivity contribution is 0.0465. The Morgan fingerprint density at radius 2 is 2.04 bits per heavy atom. The molecule has 2 aromatic rings. The van der Waals surface area contributed by atoms with E-state index in [4.69, 9.17) is 9.26 Å². The molecule has 8 heteroatoms. The van der Waals surface area contributed by atoms with E-state index < -0.39 is 17.2 Å². The van der Waals surface area contributed by atoms with Crippen molar-refractivity contribution in [3.8, 4) is 0 Å². The number of alkyl carbamates (subject to hydrolysis) is 1. The second kappa shape index (κ2) is 8.18. The highest BCUT2D eigenvalue weighted by molar-refractivity contribution is 7.09. The van der Waals surface area contributed by atoms with E-state index in [1.165, 1.54) is 4.88 Å². The maximum Gasteiger partial charge on any atom is 0.408 e. The zero-order valence-corrected chi connectivity index (χ0v) is 17.1. The van der Waals surface area contributed by atoms with Gasteiger partial charge in [-0.1, -0.05) is 18.1 Å². The molecule has 1 N–H and O–H groups in total. The number of hydrogen-bond donors (Lipinski definition) is 1. The summed E-state index contributed by atoms with van der Waals surface area (Å²) in [7, 11) is 0. The van der Waals surface area contributed by atoms with Crippen molar-refractivity contribution in [2.45, 2.75) is 65.8 Å². The van der Waals surface area contributed by atoms with Crippen LogP contribution in [0.4, 0.5) is 4.79 Å². The topological polar surface area (TPSA) is 80.5 Å². The third kappa shape index (κ3) is 6.10. The smallest absolute Gasteiger partial charge is 0.408 e. The second-order valence-electron chi connectivity index (χ2n) is 7.65. The molecule has 0 aliphatic heterocycles. The van der Waals surface area contributed by atoms with Crippen LogP contribution in [0.5, 0.6) is 0 Å². The van der Waals surface area contributed by atoms with Crippen LogP contribution in [-0.2, 0) is 23.4 Å². The number of carbonyl (C=O) groups is 1. The highest BCUT2D eigenvalue weighted by Crippen LogP contribution is 2.19. The molecular formula is C18H28N4O3S. The highest BCUT2D eigenvalue weighted by atomic mass is 32.1. The molecule has 0 bridgehead atoms. The van der Waals surface area contributed by atoms with E-state index in [0.717, 1.165) is 13.1 Å². The maximum atomic E-state index is 12.0. The van der Waals surface area contributed by atoms with Crippen LogP contribution in [0.3, 0.4) is 0 Å². The van der Waals surface area contributed by atoms with Crippen LogP contribution in [0.15, 0.2) is 22.0 Å². The first-order valence-electron chi connectivity index (χ1n) is 8.68. The number of aromatic nitrogens is 2. The van der Waals surface area contributed by atoms with Crippen molar-refractivity contribution in [3.63, 3.8) is 0 Å². The summed E-state index contributed by atoms with van der Waals surface area (Å²) in [5.41, 5.74) is -1.36. The van der Waals surface area contributed by atoms with Crippen molar-refractivity contribution in [2.75, 3.05) is 6.54 Å². The molecule has 2 aromatic heterocycles. The van der Waals surface area contributed by atoms with Crippen LogP contribution in [0, 0.1) is 0 Å². The fourth-order valence-electron chi connectivity index (χ4n) is 2.28. The minimum atomic E-state index is -0.797. The van der Waals surface area contributed by atoms with Crippen LogP contribution < -0.4 is 5.32 Å². The Hall–Kier alpha value is -1.93. The standard InChI is InChI=1S/C18H28N4O3S/c1-7-22(11-13-9-8-10-26-13)12-14-19-15(21-25-14)18(5,6)20-16(23)24-17(2,3)4/h8-10H,7,11-12H2,1-6H3,(H,20,23). The molecule has 0 aromatic carbocycles. The monoisotopic (exact) mass is 380 g/mol. The number of rotatable bonds is 7. The highest BCUT2D eigenvalue weighted by Gasteiger charge is 2.31. The first kappa shape index (κ1) is 20.4. The SMILES string of the molecule is CCN(Cc1nc(C(C)(C)NC(=O)OC(C)(C)C)no1)Cc1cccs1. The Kier molecular flexibility index (Phi) is 6.41. The minimum Gasteiger partial charge on any atom is -0.444 e. The summed E-state index contributed by atoms with van der Waals surface area (Å²) in [5.74, 6) is 0.947. The van der Waals surface area contributed by atoms with Crippen LogP contribution in [0.25, 0.3) is 0 Å². The first-order valence-corrected chi connectivity index (χ1v) is 9.56. The van der Waals surface area contributed by atoms with Crippen LogP contribution >= 0.6 is 11.3 Å². The molecule has 0 aliphatic rings. The molecular weight excluding hydrogens is 352 g/mol. The fourth-order valence-corrected chi connectivity index (χ4v) is 3.03. The first-order chi connectivity index (χ1) is 12.1. The average Bonchev–Trinajstić information content (AvgIpc) is 3.15. The molecule has 0 fully saturated rings. The van der Waals surface area contributed by atoms with Gasteiger partial charge in [0, 0.05) is 11.4 Å². The molecule has 0 saturated heterocycles. The van der Waals surface area contributed by atoms with Crippen LogP contribution in [0.1, 0.15) is 58.1 Å². The van der Waals surface area contributed by atoms with Gasteiger partial charge in [0.25, 0.3) is 0 Å². The molecule has 0 radical (unpaired) electrons. The molecule has 26 heavy (non-hydrogen) atoms. The van der Waals surface area contributed by atoms with E-state index >= 15 is 0 Å². The molecule has 0 saturated carbocycles. The molecule has 144 valence electrons. The van der Waals surface area contributed by atoms with E-state index in [-0.39, 0.29) is 0 Å². The Morgan fingerprint density at radius 1 is 1.31 bits per heavy atom. The summed E-state index contributed by atoms with van der Waals surface area (Å²) < 4.78 is 10.7. The third-order valence-electron chi connectivity index (χ3n) is 3.61. The maximum absolute atomic E-state index is 12.0. The van der Waals surface area contributed by atoms with Gasteiger partial charge in [-0.15, -0.1) is 11.3 Å². The number of hydrogen-bond acceptors (Lipinski definition) is 7. The van der Waals surface area contributed by atoms with Crippen molar-refractivity contribution < 1.29 is 14.1 Å². The van der Waals surface area contributed by atoms with Gasteiger partial charge in [-0.25, -0.2) is 4.79 Å². The Bertz CT molecular complexity index is 704. The number of amides is 1. The van der Waals surface area contributed by atoms with Gasteiger partial charge in [0.2, 0.25) is 5.89 Å². The molecule has 2 rings (SSSR count). The predicted molar refractivity (Wildman–Crippen MR) is 101 cm³/mol. The van der Waals surface area contributed by atoms with E-state index in [9.17, 15) is 4.79 Å². The van der Waals surface area contributed by atoms with Gasteiger partial charge in [-0.05, 0) is 52.6 Å². The lowest BCUT2D eigenvalue weighted by Crippen LogP contribution is -2.44. The van der Waals surface area contributed by atoms with Gasteiger partial charge in [0.1, 0.15) is 11.1 Å². The second-order valence-corrected chi connectivity index (χ2v) is 8.68. The van der Waals surface area contributed by atoms with Gasteiger partial charge in [-0.3, -0.25) is 4.90 Å². The van der Waals surface area contributed by atoms with E-state index in [0.29, 0.717) is 18.3 Å². The molecule has 1 amide bonds. The number of ether oxygens (including phenoxy) is 1. The molecule has 2 heterocycles. The van der Waals surface area contributed by atoms with Gasteiger partial charge >= 0.3 is 6.09 Å². The fraction of sp³-hybridized carbons (Fsp3) is 0.611. The van der Waals surface area contributed by atoms with E-state index in [2.05, 4.69) is 38.7 Å². The van der Waals surface area contributed by atoms with Gasteiger partial charge in [0.15, 0.2) is 5.82 Å². The molecule has 0 spiro atoms. The van der Waals surface area contributed by atoms with Crippen molar-refractivity contribution in [1.82, 2.24) is 20.4 Å². The normalized spacial score (nSPS) is 12.4. The largest absolute Gasteiger partial charge is 0.444 e. The lowest BCUT2D eigenvalue weighted by Gasteiger charge is -2.26. The summed E-state index contributed by atoms with van der Waals surface area (Å²) >= 11 is 1.73. The Labute approximate surface area is 158 Å². The van der Waals surface area contributed by atoms with Crippen molar-refractivity contribution >= 4 is 17.4 Å². The number of nitrogens with one attached hydrogen (secondary N) is 1. The van der Waals surface area contributed by atoms with Crippen LogP contribution in [0.2, 0.25) is 0 Å². The quantitative estimate of drug-likeness (QED) is 0.784. The zero-order chi connectivity index (χ0) is 19.4.